The maximum Gasteiger partial charge on any atom is 0.404 e. The SMILES string of the molecule is NC(=O)OC1CCN(S(=O)(=O)c2cccc3cnccc23)C12CC2. The summed E-state index contributed by atoms with van der Waals surface area (Å²) < 4.78 is 33.2. The standard InChI is InChI=1S/C16H17N3O4S/c17-15(20)23-14-5-9-19(16(14)6-7-16)24(21,22)13-3-1-2-11-10-18-8-4-12(11)13/h1-4,8,10,14H,5-7,9H2,(H2,17,20). The van der Waals surface area contributed by atoms with Gasteiger partial charge in [0, 0.05) is 36.1 Å². The van der Waals surface area contributed by atoms with Gasteiger partial charge in [-0.25, -0.2) is 13.2 Å². The van der Waals surface area contributed by atoms with Crippen LogP contribution in [-0.4, -0.2) is 42.0 Å². The van der Waals surface area contributed by atoms with Crippen LogP contribution in [-0.2, 0) is 14.8 Å². The van der Waals surface area contributed by atoms with Gasteiger partial charge in [-0.05, 0) is 25.0 Å². The molecule has 4 rings (SSSR count). The zero-order valence-corrected chi connectivity index (χ0v) is 13.7. The maximum atomic E-state index is 13.3. The fourth-order valence-corrected chi connectivity index (χ4v) is 5.77. The van der Waals surface area contributed by atoms with Crippen molar-refractivity contribution >= 4 is 26.9 Å². The monoisotopic (exact) mass is 347 g/mol. The minimum Gasteiger partial charge on any atom is -0.444 e. The van der Waals surface area contributed by atoms with Crippen LogP contribution in [0.15, 0.2) is 41.6 Å². The van der Waals surface area contributed by atoms with Gasteiger partial charge in [0.15, 0.2) is 0 Å². The highest BCUT2D eigenvalue weighted by molar-refractivity contribution is 7.89. The first kappa shape index (κ1) is 15.3. The van der Waals surface area contributed by atoms with E-state index < -0.39 is 27.8 Å². The molecule has 2 aromatic rings. The third kappa shape index (κ3) is 2.17. The average molecular weight is 347 g/mol. The summed E-state index contributed by atoms with van der Waals surface area (Å²) in [7, 11) is -3.71. The number of pyridine rings is 1. The lowest BCUT2D eigenvalue weighted by Crippen LogP contribution is -2.43. The summed E-state index contributed by atoms with van der Waals surface area (Å²) in [5, 5.41) is 1.41. The van der Waals surface area contributed by atoms with Crippen molar-refractivity contribution in [2.24, 2.45) is 5.73 Å². The third-order valence-corrected chi connectivity index (χ3v) is 6.96. The molecular formula is C16H17N3O4S. The van der Waals surface area contributed by atoms with Crippen molar-refractivity contribution in [2.45, 2.75) is 35.8 Å². The molecule has 1 aliphatic heterocycles. The number of carbonyl (C=O) groups excluding carboxylic acids is 1. The summed E-state index contributed by atoms with van der Waals surface area (Å²) in [5.74, 6) is 0. The Hall–Kier alpha value is -2.19. The molecular weight excluding hydrogens is 330 g/mol. The highest BCUT2D eigenvalue weighted by atomic mass is 32.2. The molecule has 2 N–H and O–H groups in total. The highest BCUT2D eigenvalue weighted by Gasteiger charge is 2.63. The summed E-state index contributed by atoms with van der Waals surface area (Å²) in [6.45, 7) is 0.321. The summed E-state index contributed by atoms with van der Waals surface area (Å²) in [6, 6.07) is 6.85. The molecule has 1 atom stereocenters. The third-order valence-electron chi connectivity index (χ3n) is 4.92. The van der Waals surface area contributed by atoms with Crippen molar-refractivity contribution in [2.75, 3.05) is 6.54 Å². The van der Waals surface area contributed by atoms with Gasteiger partial charge in [0.25, 0.3) is 0 Å². The quantitative estimate of drug-likeness (QED) is 0.909. The van der Waals surface area contributed by atoms with Gasteiger partial charge in [-0.2, -0.15) is 4.31 Å². The number of aromatic nitrogens is 1. The zero-order valence-electron chi connectivity index (χ0n) is 12.9. The predicted octanol–water partition coefficient (Wildman–Crippen LogP) is 1.63. The molecule has 1 spiro atoms. The second-order valence-corrected chi connectivity index (χ2v) is 8.08. The summed E-state index contributed by atoms with van der Waals surface area (Å²) in [6.07, 6.45) is 3.71. The number of hydrogen-bond acceptors (Lipinski definition) is 5. The van der Waals surface area contributed by atoms with E-state index in [1.54, 1.807) is 30.6 Å². The minimum atomic E-state index is -3.71. The molecule has 1 aromatic carbocycles. The van der Waals surface area contributed by atoms with E-state index in [1.807, 2.05) is 6.07 Å². The van der Waals surface area contributed by atoms with Crippen molar-refractivity contribution in [3.05, 3.63) is 36.7 Å². The number of amides is 1. The van der Waals surface area contributed by atoms with Crippen LogP contribution in [0.25, 0.3) is 10.8 Å². The Morgan fingerprint density at radius 1 is 1.33 bits per heavy atom. The molecule has 0 radical (unpaired) electrons. The number of carbonyl (C=O) groups is 1. The summed E-state index contributed by atoms with van der Waals surface area (Å²) >= 11 is 0. The van der Waals surface area contributed by atoms with Crippen molar-refractivity contribution < 1.29 is 17.9 Å². The number of ether oxygens (including phenoxy) is 1. The lowest BCUT2D eigenvalue weighted by atomic mass is 10.1. The number of fused-ring (bicyclic) bond motifs is 1. The maximum absolute atomic E-state index is 13.3. The van der Waals surface area contributed by atoms with Crippen molar-refractivity contribution in [1.82, 2.24) is 9.29 Å². The van der Waals surface area contributed by atoms with Gasteiger partial charge in [0.1, 0.15) is 6.10 Å². The second kappa shape index (κ2) is 5.15. The molecule has 1 saturated carbocycles. The topological polar surface area (TPSA) is 103 Å². The lowest BCUT2D eigenvalue weighted by Gasteiger charge is -2.27. The molecule has 1 aromatic heterocycles. The molecule has 24 heavy (non-hydrogen) atoms. The number of primary amides is 1. The Balaban J connectivity index is 1.77. The van der Waals surface area contributed by atoms with E-state index in [0.717, 1.165) is 5.39 Å². The van der Waals surface area contributed by atoms with Gasteiger partial charge < -0.3 is 10.5 Å². The molecule has 1 saturated heterocycles. The Morgan fingerprint density at radius 3 is 2.83 bits per heavy atom. The van der Waals surface area contributed by atoms with Gasteiger partial charge >= 0.3 is 6.09 Å². The predicted molar refractivity (Wildman–Crippen MR) is 86.7 cm³/mol. The molecule has 2 heterocycles. The molecule has 0 bridgehead atoms. The number of benzene rings is 1. The number of nitrogens with two attached hydrogens (primary N) is 1. The smallest absolute Gasteiger partial charge is 0.404 e. The summed E-state index contributed by atoms with van der Waals surface area (Å²) in [4.78, 5) is 15.4. The molecule has 126 valence electrons. The van der Waals surface area contributed by atoms with Crippen LogP contribution in [0, 0.1) is 0 Å². The first-order valence-electron chi connectivity index (χ1n) is 7.77. The van der Waals surface area contributed by atoms with E-state index in [1.165, 1.54) is 4.31 Å². The zero-order chi connectivity index (χ0) is 16.9. The fraction of sp³-hybridized carbons (Fsp3) is 0.375. The van der Waals surface area contributed by atoms with Gasteiger partial charge in [0.2, 0.25) is 10.0 Å². The first-order chi connectivity index (χ1) is 11.4. The fourth-order valence-electron chi connectivity index (χ4n) is 3.69. The van der Waals surface area contributed by atoms with E-state index in [4.69, 9.17) is 10.5 Å². The Morgan fingerprint density at radius 2 is 2.12 bits per heavy atom. The van der Waals surface area contributed by atoms with E-state index >= 15 is 0 Å². The first-order valence-corrected chi connectivity index (χ1v) is 9.21. The molecule has 1 aliphatic carbocycles. The number of nitrogens with zero attached hydrogens (tertiary/aromatic N) is 2. The van der Waals surface area contributed by atoms with E-state index in [2.05, 4.69) is 4.98 Å². The Bertz CT molecular complexity index is 919. The van der Waals surface area contributed by atoms with Crippen LogP contribution in [0.3, 0.4) is 0 Å². The van der Waals surface area contributed by atoms with Crippen LogP contribution in [0.1, 0.15) is 19.3 Å². The van der Waals surface area contributed by atoms with Gasteiger partial charge in [-0.15, -0.1) is 0 Å². The molecule has 2 aliphatic rings. The number of rotatable bonds is 3. The molecule has 1 amide bonds. The van der Waals surface area contributed by atoms with Gasteiger partial charge in [-0.1, -0.05) is 12.1 Å². The molecule has 8 heteroatoms. The summed E-state index contributed by atoms with van der Waals surface area (Å²) in [5.41, 5.74) is 4.49. The average Bonchev–Trinajstić information content (AvgIpc) is 3.26. The Kier molecular flexibility index (Phi) is 3.29. The van der Waals surface area contributed by atoms with Gasteiger partial charge in [-0.3, -0.25) is 4.98 Å². The van der Waals surface area contributed by atoms with Crippen LogP contribution in [0.2, 0.25) is 0 Å². The van der Waals surface area contributed by atoms with E-state index in [-0.39, 0.29) is 4.90 Å². The largest absolute Gasteiger partial charge is 0.444 e. The molecule has 2 fully saturated rings. The van der Waals surface area contributed by atoms with Crippen LogP contribution < -0.4 is 5.73 Å². The van der Waals surface area contributed by atoms with Crippen molar-refractivity contribution in [1.29, 1.82) is 0 Å². The van der Waals surface area contributed by atoms with Gasteiger partial charge in [0.05, 0.1) is 10.4 Å². The lowest BCUT2D eigenvalue weighted by molar-refractivity contribution is 0.0826. The van der Waals surface area contributed by atoms with Crippen LogP contribution in [0.5, 0.6) is 0 Å². The minimum absolute atomic E-state index is 0.258. The van der Waals surface area contributed by atoms with Crippen molar-refractivity contribution in [3.8, 4) is 0 Å². The highest BCUT2D eigenvalue weighted by Crippen LogP contribution is 2.53. The van der Waals surface area contributed by atoms with E-state index in [0.29, 0.717) is 31.2 Å². The number of hydrogen-bond donors (Lipinski definition) is 1. The molecule has 7 nitrogen and oxygen atoms in total. The molecule has 1 unspecified atom stereocenters. The van der Waals surface area contributed by atoms with Crippen LogP contribution in [0.4, 0.5) is 4.79 Å². The van der Waals surface area contributed by atoms with Crippen molar-refractivity contribution in [3.63, 3.8) is 0 Å². The normalized spacial score (nSPS) is 22.8. The number of sulfonamides is 1. The van der Waals surface area contributed by atoms with Crippen LogP contribution >= 0.6 is 0 Å². The van der Waals surface area contributed by atoms with E-state index in [9.17, 15) is 13.2 Å². The Labute approximate surface area is 139 Å². The second-order valence-electron chi connectivity index (χ2n) is 6.25.